The number of benzene rings is 1. The van der Waals surface area contributed by atoms with Crippen LogP contribution < -0.4 is 5.32 Å². The second-order valence-electron chi connectivity index (χ2n) is 4.37. The highest BCUT2D eigenvalue weighted by molar-refractivity contribution is 5.81. The second kappa shape index (κ2) is 5.55. The number of aromatic amines is 1. The van der Waals surface area contributed by atoms with E-state index in [1.807, 2.05) is 6.92 Å². The number of fused-ring (bicyclic) bond motifs is 1. The number of nitrogens with one attached hydrogen (secondary N) is 2. The van der Waals surface area contributed by atoms with Gasteiger partial charge in [0.25, 0.3) is 5.69 Å². The Balaban J connectivity index is 2.27. The number of hydrogen-bond donors (Lipinski definition) is 3. The third-order valence-electron chi connectivity index (χ3n) is 2.86. The molecule has 1 aromatic heterocycles. The first-order valence-corrected chi connectivity index (χ1v) is 6.14. The molecule has 8 heteroatoms. The molecule has 1 unspecified atom stereocenters. The van der Waals surface area contributed by atoms with Crippen molar-refractivity contribution in [1.29, 1.82) is 0 Å². The van der Waals surface area contributed by atoms with Crippen LogP contribution >= 0.6 is 0 Å². The molecule has 0 amide bonds. The smallest absolute Gasteiger partial charge is 0.326 e. The molecule has 0 bridgehead atoms. The van der Waals surface area contributed by atoms with Crippen LogP contribution in [0.4, 0.5) is 11.6 Å². The molecule has 0 aliphatic rings. The lowest BCUT2D eigenvalue weighted by Gasteiger charge is -2.11. The van der Waals surface area contributed by atoms with Gasteiger partial charge in [0, 0.05) is 12.1 Å². The average Bonchev–Trinajstić information content (AvgIpc) is 2.79. The second-order valence-corrected chi connectivity index (χ2v) is 4.37. The topological polar surface area (TPSA) is 121 Å². The molecule has 8 nitrogen and oxygen atoms in total. The number of carboxylic acids is 1. The van der Waals surface area contributed by atoms with Gasteiger partial charge in [-0.1, -0.05) is 13.3 Å². The predicted molar refractivity (Wildman–Crippen MR) is 72.7 cm³/mol. The molecule has 1 aromatic carbocycles. The Morgan fingerprint density at radius 2 is 2.35 bits per heavy atom. The minimum atomic E-state index is -0.960. The Morgan fingerprint density at radius 1 is 1.60 bits per heavy atom. The number of imidazole rings is 1. The summed E-state index contributed by atoms with van der Waals surface area (Å²) in [6.45, 7) is 1.89. The van der Waals surface area contributed by atoms with E-state index in [2.05, 4.69) is 15.3 Å². The van der Waals surface area contributed by atoms with Gasteiger partial charge in [0.1, 0.15) is 6.04 Å². The Kier molecular flexibility index (Phi) is 3.83. The van der Waals surface area contributed by atoms with Crippen molar-refractivity contribution in [1.82, 2.24) is 9.97 Å². The normalized spacial score (nSPS) is 12.2. The molecule has 0 radical (unpaired) electrons. The van der Waals surface area contributed by atoms with Gasteiger partial charge in [-0.15, -0.1) is 0 Å². The van der Waals surface area contributed by atoms with E-state index in [0.717, 1.165) is 6.42 Å². The van der Waals surface area contributed by atoms with Gasteiger partial charge in [0.15, 0.2) is 0 Å². The first-order valence-electron chi connectivity index (χ1n) is 6.14. The molecule has 3 N–H and O–H groups in total. The van der Waals surface area contributed by atoms with E-state index >= 15 is 0 Å². The molecule has 0 aliphatic heterocycles. The van der Waals surface area contributed by atoms with Crippen LogP contribution in [0.15, 0.2) is 18.2 Å². The van der Waals surface area contributed by atoms with E-state index < -0.39 is 16.9 Å². The van der Waals surface area contributed by atoms with Crippen LogP contribution in [0.25, 0.3) is 11.0 Å². The number of hydrogen-bond acceptors (Lipinski definition) is 5. The predicted octanol–water partition coefficient (Wildman–Crippen LogP) is 2.14. The van der Waals surface area contributed by atoms with E-state index in [1.54, 1.807) is 0 Å². The van der Waals surface area contributed by atoms with Crippen LogP contribution in [-0.2, 0) is 4.79 Å². The molecule has 0 spiro atoms. The summed E-state index contributed by atoms with van der Waals surface area (Å²) >= 11 is 0. The van der Waals surface area contributed by atoms with Gasteiger partial charge < -0.3 is 15.4 Å². The fourth-order valence-corrected chi connectivity index (χ4v) is 1.89. The van der Waals surface area contributed by atoms with Crippen molar-refractivity contribution >= 4 is 28.6 Å². The standard InChI is InChI=1S/C12H14N4O4/c1-2-3-9(11(17)18)14-12-13-8-5-4-7(16(19)20)6-10(8)15-12/h4-6,9H,2-3H2,1H3,(H,17,18)(H2,13,14,15). The Bertz CT molecular complexity index is 652. The third-order valence-corrected chi connectivity index (χ3v) is 2.86. The number of non-ortho nitro benzene ring substituents is 1. The number of anilines is 1. The van der Waals surface area contributed by atoms with Gasteiger partial charge in [-0.3, -0.25) is 10.1 Å². The molecular formula is C12H14N4O4. The van der Waals surface area contributed by atoms with Crippen LogP contribution in [0, 0.1) is 10.1 Å². The fraction of sp³-hybridized carbons (Fsp3) is 0.333. The van der Waals surface area contributed by atoms with Gasteiger partial charge in [0.2, 0.25) is 5.95 Å². The molecule has 0 aliphatic carbocycles. The fourth-order valence-electron chi connectivity index (χ4n) is 1.89. The lowest BCUT2D eigenvalue weighted by molar-refractivity contribution is -0.384. The summed E-state index contributed by atoms with van der Waals surface area (Å²) in [4.78, 5) is 28.3. The van der Waals surface area contributed by atoms with Gasteiger partial charge in [-0.25, -0.2) is 9.78 Å². The van der Waals surface area contributed by atoms with Crippen molar-refractivity contribution in [3.8, 4) is 0 Å². The zero-order valence-electron chi connectivity index (χ0n) is 10.8. The van der Waals surface area contributed by atoms with Gasteiger partial charge >= 0.3 is 5.97 Å². The highest BCUT2D eigenvalue weighted by Crippen LogP contribution is 2.21. The number of carboxylic acid groups (broad SMARTS) is 1. The summed E-state index contributed by atoms with van der Waals surface area (Å²) in [6, 6.07) is 3.50. The number of aromatic nitrogens is 2. The molecule has 2 rings (SSSR count). The minimum absolute atomic E-state index is 0.0453. The first-order chi connectivity index (χ1) is 9.51. The number of rotatable bonds is 6. The SMILES string of the molecule is CCCC(Nc1nc2ccc([N+](=O)[O-])cc2[nH]1)C(=O)O. The number of carbonyl (C=O) groups is 1. The van der Waals surface area contributed by atoms with Crippen LogP contribution in [0.2, 0.25) is 0 Å². The minimum Gasteiger partial charge on any atom is -0.480 e. The molecule has 1 atom stereocenters. The lowest BCUT2D eigenvalue weighted by atomic mass is 10.2. The lowest BCUT2D eigenvalue weighted by Crippen LogP contribution is -2.29. The molecule has 106 valence electrons. The van der Waals surface area contributed by atoms with E-state index in [9.17, 15) is 14.9 Å². The maximum atomic E-state index is 11.1. The van der Waals surface area contributed by atoms with E-state index in [0.29, 0.717) is 23.4 Å². The maximum Gasteiger partial charge on any atom is 0.326 e. The van der Waals surface area contributed by atoms with Gasteiger partial charge in [0.05, 0.1) is 16.0 Å². The van der Waals surface area contributed by atoms with Crippen molar-refractivity contribution < 1.29 is 14.8 Å². The molecule has 20 heavy (non-hydrogen) atoms. The Morgan fingerprint density at radius 3 is 2.95 bits per heavy atom. The Hall–Kier alpha value is -2.64. The number of H-pyrrole nitrogens is 1. The van der Waals surface area contributed by atoms with Gasteiger partial charge in [-0.05, 0) is 12.5 Å². The summed E-state index contributed by atoms with van der Waals surface area (Å²) in [5.41, 5.74) is 0.983. The van der Waals surface area contributed by atoms with Crippen LogP contribution in [0.1, 0.15) is 19.8 Å². The molecule has 1 heterocycles. The molecule has 0 fully saturated rings. The maximum absolute atomic E-state index is 11.1. The number of aliphatic carboxylic acids is 1. The largest absolute Gasteiger partial charge is 0.480 e. The van der Waals surface area contributed by atoms with Crippen LogP contribution in [-0.4, -0.2) is 32.0 Å². The molecule has 0 saturated heterocycles. The summed E-state index contributed by atoms with van der Waals surface area (Å²) < 4.78 is 0. The summed E-state index contributed by atoms with van der Waals surface area (Å²) in [5.74, 6) is -0.667. The number of nitrogens with zero attached hydrogens (tertiary/aromatic N) is 2. The van der Waals surface area contributed by atoms with Crippen molar-refractivity contribution in [2.45, 2.75) is 25.8 Å². The van der Waals surface area contributed by atoms with Crippen molar-refractivity contribution in [2.75, 3.05) is 5.32 Å². The molecular weight excluding hydrogens is 264 g/mol. The molecule has 2 aromatic rings. The van der Waals surface area contributed by atoms with Crippen molar-refractivity contribution in [3.63, 3.8) is 0 Å². The summed E-state index contributed by atoms with van der Waals surface area (Å²) in [5, 5.41) is 22.5. The third kappa shape index (κ3) is 2.85. The molecule has 0 saturated carbocycles. The van der Waals surface area contributed by atoms with Crippen molar-refractivity contribution in [3.05, 3.63) is 28.3 Å². The van der Waals surface area contributed by atoms with Crippen LogP contribution in [0.5, 0.6) is 0 Å². The van der Waals surface area contributed by atoms with E-state index in [1.165, 1.54) is 18.2 Å². The highest BCUT2D eigenvalue weighted by Gasteiger charge is 2.18. The van der Waals surface area contributed by atoms with Crippen LogP contribution in [0.3, 0.4) is 0 Å². The first kappa shape index (κ1) is 13.8. The summed E-state index contributed by atoms with van der Waals surface area (Å²) in [7, 11) is 0. The zero-order chi connectivity index (χ0) is 14.7. The zero-order valence-corrected chi connectivity index (χ0v) is 10.8. The quantitative estimate of drug-likeness (QED) is 0.549. The number of nitro benzene ring substituents is 1. The number of nitro groups is 1. The van der Waals surface area contributed by atoms with Crippen molar-refractivity contribution in [2.24, 2.45) is 0 Å². The summed E-state index contributed by atoms with van der Waals surface area (Å²) in [6.07, 6.45) is 1.18. The Labute approximate surface area is 114 Å². The monoisotopic (exact) mass is 278 g/mol. The van der Waals surface area contributed by atoms with Gasteiger partial charge in [-0.2, -0.15) is 0 Å². The average molecular weight is 278 g/mol. The highest BCUT2D eigenvalue weighted by atomic mass is 16.6. The van der Waals surface area contributed by atoms with E-state index in [-0.39, 0.29) is 5.69 Å². The van der Waals surface area contributed by atoms with E-state index in [4.69, 9.17) is 5.11 Å².